The quantitative estimate of drug-likeness (QED) is 0.923. The molecule has 2 fully saturated rings. The highest BCUT2D eigenvalue weighted by Crippen LogP contribution is 2.51. The molecule has 2 unspecified atom stereocenters. The largest absolute Gasteiger partial charge is 0.478 e. The van der Waals surface area contributed by atoms with Crippen LogP contribution in [0, 0.1) is 5.92 Å². The summed E-state index contributed by atoms with van der Waals surface area (Å²) in [4.78, 5) is 16.0. The van der Waals surface area contributed by atoms with Crippen LogP contribution < -0.4 is 0 Å². The summed E-state index contributed by atoms with van der Waals surface area (Å²) in [5.74, 6) is 1.64. The molecule has 0 aliphatic heterocycles. The number of imidazole rings is 1. The third kappa shape index (κ3) is 1.74. The molecule has 0 amide bonds. The van der Waals surface area contributed by atoms with Gasteiger partial charge in [-0.3, -0.25) is 0 Å². The monoisotopic (exact) mass is 270 g/mol. The van der Waals surface area contributed by atoms with Crippen LogP contribution >= 0.6 is 0 Å². The minimum absolute atomic E-state index is 0.356. The van der Waals surface area contributed by atoms with E-state index in [2.05, 4.69) is 11.5 Å². The van der Waals surface area contributed by atoms with Crippen LogP contribution in [0.2, 0.25) is 0 Å². The Morgan fingerprint density at radius 3 is 2.85 bits per heavy atom. The van der Waals surface area contributed by atoms with Gasteiger partial charge in [0.2, 0.25) is 0 Å². The zero-order valence-electron chi connectivity index (χ0n) is 11.5. The van der Waals surface area contributed by atoms with Gasteiger partial charge in [0.1, 0.15) is 5.82 Å². The molecule has 0 spiro atoms. The Bertz CT molecular complexity index is 700. The van der Waals surface area contributed by atoms with Gasteiger partial charge < -0.3 is 9.67 Å². The van der Waals surface area contributed by atoms with Crippen molar-refractivity contribution in [1.82, 2.24) is 9.55 Å². The summed E-state index contributed by atoms with van der Waals surface area (Å²) < 4.78 is 2.34. The van der Waals surface area contributed by atoms with Gasteiger partial charge in [-0.05, 0) is 43.4 Å². The van der Waals surface area contributed by atoms with Crippen LogP contribution in [0.15, 0.2) is 18.2 Å². The van der Waals surface area contributed by atoms with Crippen molar-refractivity contribution in [3.8, 4) is 0 Å². The number of carboxylic acids is 1. The Morgan fingerprint density at radius 2 is 2.25 bits per heavy atom. The average molecular weight is 270 g/mol. The molecule has 4 nitrogen and oxygen atoms in total. The van der Waals surface area contributed by atoms with Crippen molar-refractivity contribution < 1.29 is 9.90 Å². The van der Waals surface area contributed by atoms with Gasteiger partial charge in [0.05, 0.1) is 16.6 Å². The number of aromatic carboxylic acids is 1. The van der Waals surface area contributed by atoms with Crippen molar-refractivity contribution in [3.63, 3.8) is 0 Å². The topological polar surface area (TPSA) is 55.1 Å². The van der Waals surface area contributed by atoms with E-state index in [-0.39, 0.29) is 0 Å². The molecule has 0 saturated heterocycles. The average Bonchev–Trinajstić information content (AvgIpc) is 3.34. The van der Waals surface area contributed by atoms with Gasteiger partial charge in [0, 0.05) is 12.0 Å². The summed E-state index contributed by atoms with van der Waals surface area (Å²) in [5.41, 5.74) is 2.31. The summed E-state index contributed by atoms with van der Waals surface area (Å²) in [6, 6.07) is 5.83. The highest BCUT2D eigenvalue weighted by atomic mass is 16.4. The second-order valence-corrected chi connectivity index (χ2v) is 6.09. The summed E-state index contributed by atoms with van der Waals surface area (Å²) >= 11 is 0. The third-order valence-corrected chi connectivity index (χ3v) is 4.65. The van der Waals surface area contributed by atoms with E-state index in [0.29, 0.717) is 17.5 Å². The van der Waals surface area contributed by atoms with E-state index < -0.39 is 5.97 Å². The molecule has 4 heteroatoms. The minimum Gasteiger partial charge on any atom is -0.478 e. The van der Waals surface area contributed by atoms with Crippen LogP contribution in [0.4, 0.5) is 0 Å². The van der Waals surface area contributed by atoms with Crippen molar-refractivity contribution >= 4 is 17.0 Å². The molecule has 4 rings (SSSR count). The first kappa shape index (κ1) is 11.9. The van der Waals surface area contributed by atoms with Crippen molar-refractivity contribution in [2.45, 2.75) is 44.6 Å². The zero-order valence-corrected chi connectivity index (χ0v) is 11.5. The van der Waals surface area contributed by atoms with Crippen molar-refractivity contribution in [2.24, 2.45) is 5.92 Å². The Morgan fingerprint density at radius 1 is 1.45 bits per heavy atom. The first-order chi connectivity index (χ1) is 9.69. The second-order valence-electron chi connectivity index (χ2n) is 6.09. The Labute approximate surface area is 117 Å². The zero-order chi connectivity index (χ0) is 13.9. The van der Waals surface area contributed by atoms with E-state index in [1.807, 2.05) is 6.07 Å². The van der Waals surface area contributed by atoms with Crippen LogP contribution in [0.25, 0.3) is 11.0 Å². The predicted octanol–water partition coefficient (Wildman–Crippen LogP) is 3.58. The number of rotatable bonds is 4. The number of carbonyl (C=O) groups is 1. The lowest BCUT2D eigenvalue weighted by Gasteiger charge is -2.08. The fraction of sp³-hybridized carbons (Fsp3) is 0.500. The van der Waals surface area contributed by atoms with Crippen molar-refractivity contribution in [2.75, 3.05) is 0 Å². The summed E-state index contributed by atoms with van der Waals surface area (Å²) in [6.07, 6.45) is 4.84. The van der Waals surface area contributed by atoms with Gasteiger partial charge in [-0.25, -0.2) is 9.78 Å². The molecule has 2 atom stereocenters. The molecule has 2 aliphatic rings. The number of carboxylic acid groups (broad SMARTS) is 1. The van der Waals surface area contributed by atoms with Gasteiger partial charge in [-0.2, -0.15) is 0 Å². The lowest BCUT2D eigenvalue weighted by molar-refractivity contribution is 0.0697. The summed E-state index contributed by atoms with van der Waals surface area (Å²) in [5, 5.41) is 9.19. The maximum Gasteiger partial charge on any atom is 0.335 e. The standard InChI is InChI=1S/C16H18N2O2/c1-2-9-7-13(9)18-14-8-11(16(19)20)5-6-12(14)17-15(18)10-3-4-10/h5-6,8-10,13H,2-4,7H2,1H3,(H,19,20). The number of fused-ring (bicyclic) bond motifs is 1. The van der Waals surface area contributed by atoms with Gasteiger partial charge in [-0.1, -0.05) is 13.3 Å². The molecular weight excluding hydrogens is 252 g/mol. The van der Waals surface area contributed by atoms with Crippen molar-refractivity contribution in [1.29, 1.82) is 0 Å². The minimum atomic E-state index is -0.865. The molecule has 0 bridgehead atoms. The second kappa shape index (κ2) is 4.08. The van der Waals surface area contributed by atoms with Gasteiger partial charge >= 0.3 is 5.97 Å². The summed E-state index contributed by atoms with van der Waals surface area (Å²) in [6.45, 7) is 2.23. The highest BCUT2D eigenvalue weighted by molar-refractivity contribution is 5.92. The number of aromatic nitrogens is 2. The van der Waals surface area contributed by atoms with Crippen LogP contribution in [-0.2, 0) is 0 Å². The first-order valence-electron chi connectivity index (χ1n) is 7.44. The fourth-order valence-corrected chi connectivity index (χ4v) is 3.21. The van der Waals surface area contributed by atoms with E-state index in [0.717, 1.165) is 17.0 Å². The molecule has 2 aromatic rings. The molecule has 1 N–H and O–H groups in total. The Hall–Kier alpha value is -1.84. The molecular formula is C16H18N2O2. The molecule has 2 aliphatic carbocycles. The molecule has 0 radical (unpaired) electrons. The molecule has 2 saturated carbocycles. The lowest BCUT2D eigenvalue weighted by atomic mass is 10.2. The van der Waals surface area contributed by atoms with Gasteiger partial charge in [-0.15, -0.1) is 0 Å². The van der Waals surface area contributed by atoms with E-state index in [1.165, 1.54) is 31.5 Å². The molecule has 1 aromatic carbocycles. The number of benzene rings is 1. The molecule has 104 valence electrons. The fourth-order valence-electron chi connectivity index (χ4n) is 3.21. The Balaban J connectivity index is 1.89. The Kier molecular flexibility index (Phi) is 2.43. The van der Waals surface area contributed by atoms with Gasteiger partial charge in [0.25, 0.3) is 0 Å². The maximum atomic E-state index is 11.2. The van der Waals surface area contributed by atoms with E-state index in [1.54, 1.807) is 12.1 Å². The van der Waals surface area contributed by atoms with E-state index >= 15 is 0 Å². The van der Waals surface area contributed by atoms with E-state index in [4.69, 9.17) is 4.98 Å². The van der Waals surface area contributed by atoms with Crippen LogP contribution in [0.3, 0.4) is 0 Å². The SMILES string of the molecule is CCC1CC1n1c(C2CC2)nc2ccc(C(=O)O)cc21. The smallest absolute Gasteiger partial charge is 0.335 e. The van der Waals surface area contributed by atoms with Crippen LogP contribution in [0.1, 0.15) is 60.7 Å². The van der Waals surface area contributed by atoms with Crippen molar-refractivity contribution in [3.05, 3.63) is 29.6 Å². The van der Waals surface area contributed by atoms with Crippen LogP contribution in [-0.4, -0.2) is 20.6 Å². The first-order valence-corrected chi connectivity index (χ1v) is 7.44. The maximum absolute atomic E-state index is 11.2. The highest BCUT2D eigenvalue weighted by Gasteiger charge is 2.41. The van der Waals surface area contributed by atoms with Gasteiger partial charge in [0.15, 0.2) is 0 Å². The normalized spacial score (nSPS) is 25.1. The number of hydrogen-bond donors (Lipinski definition) is 1. The number of hydrogen-bond acceptors (Lipinski definition) is 2. The van der Waals surface area contributed by atoms with Crippen LogP contribution in [0.5, 0.6) is 0 Å². The molecule has 1 aromatic heterocycles. The van der Waals surface area contributed by atoms with E-state index in [9.17, 15) is 9.90 Å². The summed E-state index contributed by atoms with van der Waals surface area (Å²) in [7, 11) is 0. The number of nitrogens with zero attached hydrogens (tertiary/aromatic N) is 2. The lowest BCUT2D eigenvalue weighted by Crippen LogP contribution is -2.03. The predicted molar refractivity (Wildman–Crippen MR) is 76.1 cm³/mol. The molecule has 20 heavy (non-hydrogen) atoms. The third-order valence-electron chi connectivity index (χ3n) is 4.65. The molecule has 1 heterocycles.